The van der Waals surface area contributed by atoms with E-state index < -0.39 is 33.6 Å². The first-order valence-electron chi connectivity index (χ1n) is 7.52. The Morgan fingerprint density at radius 1 is 1.12 bits per heavy atom. The van der Waals surface area contributed by atoms with E-state index in [0.717, 1.165) is 4.31 Å². The Morgan fingerprint density at radius 3 is 2.24 bits per heavy atom. The molecule has 2 aromatic carbocycles. The highest BCUT2D eigenvalue weighted by Gasteiger charge is 2.41. The largest absolute Gasteiger partial charge is 0.322 e. The molecule has 6 nitrogen and oxygen atoms in total. The average Bonchev–Trinajstić information content (AvgIpc) is 2.77. The molecule has 2 aromatic rings. The number of rotatable bonds is 3. The third-order valence-corrected chi connectivity index (χ3v) is 5.69. The van der Waals surface area contributed by atoms with Gasteiger partial charge < -0.3 is 5.32 Å². The van der Waals surface area contributed by atoms with E-state index in [1.807, 2.05) is 0 Å². The SMILES string of the molecule is C[C@@H]1CS(=O)(=O)N(c2ccc(C(=O)Nc3ccc(F)cc3)cc2)C1=O. The summed E-state index contributed by atoms with van der Waals surface area (Å²) in [5, 5.41) is 2.60. The van der Waals surface area contributed by atoms with Gasteiger partial charge in [-0.3, -0.25) is 9.59 Å². The predicted molar refractivity (Wildman–Crippen MR) is 91.2 cm³/mol. The Kier molecular flexibility index (Phi) is 4.30. The van der Waals surface area contributed by atoms with E-state index in [9.17, 15) is 22.4 Å². The molecule has 1 aliphatic rings. The third kappa shape index (κ3) is 3.39. The van der Waals surface area contributed by atoms with Crippen LogP contribution in [-0.4, -0.2) is 26.0 Å². The van der Waals surface area contributed by atoms with Gasteiger partial charge in [0.2, 0.25) is 15.9 Å². The van der Waals surface area contributed by atoms with Crippen LogP contribution >= 0.6 is 0 Å². The summed E-state index contributed by atoms with van der Waals surface area (Å²) in [5.74, 6) is -2.14. The van der Waals surface area contributed by atoms with Crippen molar-refractivity contribution in [2.75, 3.05) is 15.4 Å². The monoisotopic (exact) mass is 362 g/mol. The van der Waals surface area contributed by atoms with Gasteiger partial charge in [-0.2, -0.15) is 0 Å². The van der Waals surface area contributed by atoms with Crippen LogP contribution in [0.25, 0.3) is 0 Å². The van der Waals surface area contributed by atoms with E-state index in [1.165, 1.54) is 48.5 Å². The van der Waals surface area contributed by atoms with Crippen molar-refractivity contribution in [3.8, 4) is 0 Å². The summed E-state index contributed by atoms with van der Waals surface area (Å²) < 4.78 is 37.8. The number of nitrogens with one attached hydrogen (secondary N) is 1. The van der Waals surface area contributed by atoms with Gasteiger partial charge in [-0.25, -0.2) is 17.1 Å². The van der Waals surface area contributed by atoms with E-state index in [0.29, 0.717) is 5.69 Å². The molecular weight excluding hydrogens is 347 g/mol. The minimum absolute atomic E-state index is 0.202. The molecule has 0 bridgehead atoms. The number of sulfonamides is 1. The molecule has 2 amide bonds. The highest BCUT2D eigenvalue weighted by atomic mass is 32.2. The third-order valence-electron chi connectivity index (χ3n) is 3.83. The lowest BCUT2D eigenvalue weighted by Crippen LogP contribution is -2.30. The summed E-state index contributed by atoms with van der Waals surface area (Å²) in [6, 6.07) is 11.0. The highest BCUT2D eigenvalue weighted by Crippen LogP contribution is 2.28. The van der Waals surface area contributed by atoms with Crippen LogP contribution in [0.3, 0.4) is 0 Å². The minimum atomic E-state index is -3.68. The Balaban J connectivity index is 1.79. The molecule has 0 radical (unpaired) electrons. The van der Waals surface area contributed by atoms with Crippen LogP contribution in [0.5, 0.6) is 0 Å². The van der Waals surface area contributed by atoms with Crippen LogP contribution in [-0.2, 0) is 14.8 Å². The molecule has 1 fully saturated rings. The van der Waals surface area contributed by atoms with Crippen LogP contribution in [0, 0.1) is 11.7 Å². The lowest BCUT2D eigenvalue weighted by atomic mass is 10.1. The molecule has 0 aliphatic carbocycles. The number of amides is 2. The fourth-order valence-corrected chi connectivity index (χ4v) is 4.39. The summed E-state index contributed by atoms with van der Waals surface area (Å²) in [7, 11) is -3.68. The summed E-state index contributed by atoms with van der Waals surface area (Å²) >= 11 is 0. The van der Waals surface area contributed by atoms with E-state index in [-0.39, 0.29) is 17.0 Å². The van der Waals surface area contributed by atoms with Crippen molar-refractivity contribution in [1.29, 1.82) is 0 Å². The second kappa shape index (κ2) is 6.29. The van der Waals surface area contributed by atoms with Crippen molar-refractivity contribution in [3.63, 3.8) is 0 Å². The fourth-order valence-electron chi connectivity index (χ4n) is 2.57. The second-order valence-electron chi connectivity index (χ2n) is 5.79. The van der Waals surface area contributed by atoms with Crippen LogP contribution < -0.4 is 9.62 Å². The number of hydrogen-bond donors (Lipinski definition) is 1. The summed E-state index contributed by atoms with van der Waals surface area (Å²) in [6.45, 7) is 1.56. The Morgan fingerprint density at radius 2 is 1.72 bits per heavy atom. The van der Waals surface area contributed by atoms with Crippen molar-refractivity contribution in [3.05, 3.63) is 59.9 Å². The van der Waals surface area contributed by atoms with Gasteiger partial charge in [0.1, 0.15) is 5.82 Å². The standard InChI is InChI=1S/C17H15FN2O4S/c1-11-10-25(23,24)20(17(11)22)15-8-2-12(3-9-15)16(21)19-14-6-4-13(18)5-7-14/h2-9,11H,10H2,1H3,(H,19,21)/t11-/m1/s1. The zero-order valence-corrected chi connectivity index (χ0v) is 14.1. The molecule has 130 valence electrons. The number of nitrogens with zero attached hydrogens (tertiary/aromatic N) is 1. The zero-order chi connectivity index (χ0) is 18.2. The molecule has 3 rings (SSSR count). The number of hydrogen-bond acceptors (Lipinski definition) is 4. The van der Waals surface area contributed by atoms with E-state index in [4.69, 9.17) is 0 Å². The molecule has 1 aliphatic heterocycles. The molecule has 1 atom stereocenters. The highest BCUT2D eigenvalue weighted by molar-refractivity contribution is 7.94. The van der Waals surface area contributed by atoms with E-state index >= 15 is 0 Å². The topological polar surface area (TPSA) is 83.6 Å². The van der Waals surface area contributed by atoms with Crippen molar-refractivity contribution < 1.29 is 22.4 Å². The first-order chi connectivity index (χ1) is 11.8. The number of anilines is 2. The molecule has 1 saturated heterocycles. The molecule has 25 heavy (non-hydrogen) atoms. The van der Waals surface area contributed by atoms with Crippen LogP contribution in [0.15, 0.2) is 48.5 Å². The normalized spacial score (nSPS) is 19.0. The van der Waals surface area contributed by atoms with Gasteiger partial charge >= 0.3 is 0 Å². The van der Waals surface area contributed by atoms with Gasteiger partial charge in [0.05, 0.1) is 17.4 Å². The molecule has 0 unspecified atom stereocenters. The fraction of sp³-hybridized carbons (Fsp3) is 0.176. The zero-order valence-electron chi connectivity index (χ0n) is 13.3. The van der Waals surface area contributed by atoms with Gasteiger partial charge in [-0.15, -0.1) is 0 Å². The maximum absolute atomic E-state index is 12.9. The summed E-state index contributed by atoms with van der Waals surface area (Å²) in [4.78, 5) is 24.2. The van der Waals surface area contributed by atoms with Crippen molar-refractivity contribution >= 4 is 33.2 Å². The first kappa shape index (κ1) is 17.1. The maximum atomic E-state index is 12.9. The van der Waals surface area contributed by atoms with Gasteiger partial charge in [-0.05, 0) is 48.5 Å². The Hall–Kier alpha value is -2.74. The van der Waals surface area contributed by atoms with Gasteiger partial charge in [-0.1, -0.05) is 6.92 Å². The van der Waals surface area contributed by atoms with E-state index in [2.05, 4.69) is 5.32 Å². The maximum Gasteiger partial charge on any atom is 0.255 e. The lowest BCUT2D eigenvalue weighted by molar-refractivity contribution is -0.119. The van der Waals surface area contributed by atoms with E-state index in [1.54, 1.807) is 6.92 Å². The quantitative estimate of drug-likeness (QED) is 0.909. The summed E-state index contributed by atoms with van der Waals surface area (Å²) in [6.07, 6.45) is 0. The van der Waals surface area contributed by atoms with Crippen molar-refractivity contribution in [2.24, 2.45) is 5.92 Å². The van der Waals surface area contributed by atoms with Gasteiger partial charge in [0.15, 0.2) is 0 Å². The number of halogens is 1. The minimum Gasteiger partial charge on any atom is -0.322 e. The van der Waals surface area contributed by atoms with Gasteiger partial charge in [0, 0.05) is 11.3 Å². The average molecular weight is 362 g/mol. The molecule has 1 N–H and O–H groups in total. The van der Waals surface area contributed by atoms with Crippen LogP contribution in [0.2, 0.25) is 0 Å². The van der Waals surface area contributed by atoms with Crippen molar-refractivity contribution in [2.45, 2.75) is 6.92 Å². The van der Waals surface area contributed by atoms with Crippen LogP contribution in [0.1, 0.15) is 17.3 Å². The molecule has 0 aromatic heterocycles. The number of carbonyl (C=O) groups is 2. The van der Waals surface area contributed by atoms with Crippen molar-refractivity contribution in [1.82, 2.24) is 0 Å². The Bertz CT molecular complexity index is 924. The predicted octanol–water partition coefficient (Wildman–Crippen LogP) is 2.39. The number of carbonyl (C=O) groups excluding carboxylic acids is 2. The molecular formula is C17H15FN2O4S. The molecule has 8 heteroatoms. The summed E-state index contributed by atoms with van der Waals surface area (Å²) in [5.41, 5.74) is 0.916. The lowest BCUT2D eigenvalue weighted by Gasteiger charge is -2.15. The first-order valence-corrected chi connectivity index (χ1v) is 9.13. The molecule has 0 spiro atoms. The van der Waals surface area contributed by atoms with Crippen LogP contribution in [0.4, 0.5) is 15.8 Å². The Labute approximate surface area is 144 Å². The molecule has 0 saturated carbocycles. The smallest absolute Gasteiger partial charge is 0.255 e. The van der Waals surface area contributed by atoms with Gasteiger partial charge in [0.25, 0.3) is 5.91 Å². The second-order valence-corrected chi connectivity index (χ2v) is 7.65. The number of benzene rings is 2. The molecule has 1 heterocycles.